The molecular weight excluding hydrogens is 226 g/mol. The molecule has 0 bridgehead atoms. The summed E-state index contributed by atoms with van der Waals surface area (Å²) in [6.07, 6.45) is 0. The zero-order valence-electron chi connectivity index (χ0n) is 10.7. The number of ether oxygens (including phenoxy) is 3. The summed E-state index contributed by atoms with van der Waals surface area (Å²) in [6, 6.07) is 0. The second-order valence-electron chi connectivity index (χ2n) is 3.42. The Kier molecular flexibility index (Phi) is 11.3. The Labute approximate surface area is 102 Å². The summed E-state index contributed by atoms with van der Waals surface area (Å²) in [7, 11) is 1.63. The maximum Gasteiger partial charge on any atom is 0.332 e. The summed E-state index contributed by atoms with van der Waals surface area (Å²) >= 11 is 0. The highest BCUT2D eigenvalue weighted by molar-refractivity contribution is 5.70. The van der Waals surface area contributed by atoms with Gasteiger partial charge in [-0.2, -0.15) is 0 Å². The molecule has 0 atom stereocenters. The maximum atomic E-state index is 11.0. The molecule has 0 aliphatic carbocycles. The van der Waals surface area contributed by atoms with E-state index in [1.54, 1.807) is 14.0 Å². The van der Waals surface area contributed by atoms with Gasteiger partial charge in [0.25, 0.3) is 0 Å². The van der Waals surface area contributed by atoms with Crippen LogP contribution in [0.3, 0.4) is 0 Å². The lowest BCUT2D eigenvalue weighted by molar-refractivity contribution is -0.148. The van der Waals surface area contributed by atoms with Crippen molar-refractivity contribution in [1.29, 1.82) is 0 Å². The van der Waals surface area contributed by atoms with E-state index in [1.807, 2.05) is 4.90 Å². The molecule has 6 nitrogen and oxygen atoms in total. The molecule has 0 fully saturated rings. The zero-order chi connectivity index (χ0) is 12.9. The molecule has 0 saturated carbocycles. The Bertz CT molecular complexity index is 189. The molecule has 0 aromatic rings. The molecule has 6 heteroatoms. The molecule has 0 aromatic heterocycles. The molecule has 0 heterocycles. The summed E-state index contributed by atoms with van der Waals surface area (Å²) in [6.45, 7) is 5.21. The van der Waals surface area contributed by atoms with Crippen LogP contribution in [0, 0.1) is 0 Å². The third-order valence-corrected chi connectivity index (χ3v) is 2.10. The lowest BCUT2D eigenvalue weighted by atomic mass is 10.4. The van der Waals surface area contributed by atoms with Gasteiger partial charge < -0.3 is 19.3 Å². The Morgan fingerprint density at radius 2 is 1.94 bits per heavy atom. The number of aliphatic hydroxyl groups excluding tert-OH is 1. The average molecular weight is 249 g/mol. The van der Waals surface area contributed by atoms with E-state index in [9.17, 15) is 4.79 Å². The van der Waals surface area contributed by atoms with Gasteiger partial charge in [0.05, 0.1) is 26.4 Å². The predicted molar refractivity (Wildman–Crippen MR) is 62.9 cm³/mol. The lowest BCUT2D eigenvalue weighted by Gasteiger charge is -2.20. The fraction of sp³-hybridized carbons (Fsp3) is 0.909. The van der Waals surface area contributed by atoms with E-state index in [-0.39, 0.29) is 19.2 Å². The minimum absolute atomic E-state index is 0.0227. The quantitative estimate of drug-likeness (QED) is 0.393. The molecule has 0 unspecified atom stereocenters. The van der Waals surface area contributed by atoms with Gasteiger partial charge in [-0.05, 0) is 6.92 Å². The van der Waals surface area contributed by atoms with Crippen molar-refractivity contribution in [3.05, 3.63) is 0 Å². The average Bonchev–Trinajstić information content (AvgIpc) is 2.31. The van der Waals surface area contributed by atoms with Gasteiger partial charge in [0.15, 0.2) is 0 Å². The van der Waals surface area contributed by atoms with Gasteiger partial charge in [-0.15, -0.1) is 0 Å². The second-order valence-corrected chi connectivity index (χ2v) is 3.42. The standard InChI is InChI=1S/C11H23NO5/c1-3-17-11(14)10-16-9-6-12(4-7-13)5-8-15-2/h13H,3-10H2,1-2H3. The van der Waals surface area contributed by atoms with Crippen molar-refractivity contribution in [3.63, 3.8) is 0 Å². The molecule has 1 N–H and O–H groups in total. The zero-order valence-corrected chi connectivity index (χ0v) is 10.7. The van der Waals surface area contributed by atoms with Gasteiger partial charge in [-0.3, -0.25) is 4.90 Å². The molecule has 0 rings (SSSR count). The van der Waals surface area contributed by atoms with Crippen LogP contribution in [-0.4, -0.2) is 75.8 Å². The van der Waals surface area contributed by atoms with Crippen LogP contribution in [0.1, 0.15) is 6.92 Å². The van der Waals surface area contributed by atoms with E-state index >= 15 is 0 Å². The van der Waals surface area contributed by atoms with Crippen molar-refractivity contribution in [2.45, 2.75) is 6.92 Å². The number of hydrogen-bond donors (Lipinski definition) is 1. The monoisotopic (exact) mass is 249 g/mol. The smallest absolute Gasteiger partial charge is 0.332 e. The van der Waals surface area contributed by atoms with Crippen LogP contribution in [0.15, 0.2) is 0 Å². The highest BCUT2D eigenvalue weighted by Gasteiger charge is 2.05. The first kappa shape index (κ1) is 16.3. The van der Waals surface area contributed by atoms with Crippen molar-refractivity contribution in [2.24, 2.45) is 0 Å². The van der Waals surface area contributed by atoms with Crippen LogP contribution in [0.25, 0.3) is 0 Å². The largest absolute Gasteiger partial charge is 0.464 e. The fourth-order valence-corrected chi connectivity index (χ4v) is 1.25. The number of nitrogens with zero attached hydrogens (tertiary/aromatic N) is 1. The van der Waals surface area contributed by atoms with Gasteiger partial charge in [0.2, 0.25) is 0 Å². The number of methoxy groups -OCH3 is 1. The number of rotatable bonds is 11. The van der Waals surface area contributed by atoms with Crippen LogP contribution in [-0.2, 0) is 19.0 Å². The van der Waals surface area contributed by atoms with Crippen molar-refractivity contribution >= 4 is 5.97 Å². The predicted octanol–water partition coefficient (Wildman–Crippen LogP) is -0.493. The third-order valence-electron chi connectivity index (χ3n) is 2.10. The number of carbonyl (C=O) groups is 1. The van der Waals surface area contributed by atoms with Crippen LogP contribution in [0.4, 0.5) is 0 Å². The third kappa shape index (κ3) is 10.2. The molecule has 0 aliphatic rings. The molecule has 0 aromatic carbocycles. The normalized spacial score (nSPS) is 10.8. The van der Waals surface area contributed by atoms with E-state index in [2.05, 4.69) is 0 Å². The summed E-state index contributed by atoms with van der Waals surface area (Å²) in [5.74, 6) is -0.349. The fourth-order valence-electron chi connectivity index (χ4n) is 1.25. The SMILES string of the molecule is CCOC(=O)COCCN(CCO)CCOC. The first-order chi connectivity index (χ1) is 8.24. The number of carbonyl (C=O) groups excluding carboxylic acids is 1. The van der Waals surface area contributed by atoms with Crippen molar-refractivity contribution in [1.82, 2.24) is 4.90 Å². The van der Waals surface area contributed by atoms with Crippen LogP contribution < -0.4 is 0 Å². The van der Waals surface area contributed by atoms with Crippen LogP contribution >= 0.6 is 0 Å². The summed E-state index contributed by atoms with van der Waals surface area (Å²) in [4.78, 5) is 13.0. The molecule has 0 aliphatic heterocycles. The Hall–Kier alpha value is -0.690. The highest BCUT2D eigenvalue weighted by Crippen LogP contribution is 1.89. The van der Waals surface area contributed by atoms with Crippen molar-refractivity contribution in [2.75, 3.05) is 59.8 Å². The summed E-state index contributed by atoms with van der Waals surface area (Å²) in [5.41, 5.74) is 0. The molecular formula is C11H23NO5. The number of hydrogen-bond acceptors (Lipinski definition) is 6. The first-order valence-corrected chi connectivity index (χ1v) is 5.80. The lowest BCUT2D eigenvalue weighted by Crippen LogP contribution is -2.33. The van der Waals surface area contributed by atoms with E-state index in [0.29, 0.717) is 32.9 Å². The van der Waals surface area contributed by atoms with Crippen LogP contribution in [0.5, 0.6) is 0 Å². The first-order valence-electron chi connectivity index (χ1n) is 5.80. The molecule has 0 amide bonds. The number of esters is 1. The number of aliphatic hydroxyl groups is 1. The van der Waals surface area contributed by atoms with Gasteiger partial charge in [0.1, 0.15) is 6.61 Å². The molecule has 0 saturated heterocycles. The van der Waals surface area contributed by atoms with Gasteiger partial charge in [-0.25, -0.2) is 4.79 Å². The Balaban J connectivity index is 3.55. The van der Waals surface area contributed by atoms with Crippen molar-refractivity contribution < 1.29 is 24.1 Å². The van der Waals surface area contributed by atoms with Crippen LogP contribution in [0.2, 0.25) is 0 Å². The summed E-state index contributed by atoms with van der Waals surface area (Å²) in [5, 5.41) is 8.85. The van der Waals surface area contributed by atoms with Gasteiger partial charge in [-0.1, -0.05) is 0 Å². The van der Waals surface area contributed by atoms with Gasteiger partial charge in [0, 0.05) is 26.7 Å². The van der Waals surface area contributed by atoms with Crippen molar-refractivity contribution in [3.8, 4) is 0 Å². The molecule has 0 radical (unpaired) electrons. The molecule has 17 heavy (non-hydrogen) atoms. The maximum absolute atomic E-state index is 11.0. The summed E-state index contributed by atoms with van der Waals surface area (Å²) < 4.78 is 14.8. The van der Waals surface area contributed by atoms with E-state index < -0.39 is 0 Å². The Morgan fingerprint density at radius 3 is 2.53 bits per heavy atom. The van der Waals surface area contributed by atoms with E-state index in [1.165, 1.54) is 0 Å². The molecule has 0 spiro atoms. The van der Waals surface area contributed by atoms with E-state index in [0.717, 1.165) is 6.54 Å². The molecule has 102 valence electrons. The Morgan fingerprint density at radius 1 is 1.24 bits per heavy atom. The van der Waals surface area contributed by atoms with Gasteiger partial charge >= 0.3 is 5.97 Å². The minimum atomic E-state index is -0.349. The minimum Gasteiger partial charge on any atom is -0.464 e. The van der Waals surface area contributed by atoms with E-state index in [4.69, 9.17) is 19.3 Å². The second kappa shape index (κ2) is 11.8. The topological polar surface area (TPSA) is 68.2 Å². The highest BCUT2D eigenvalue weighted by atomic mass is 16.6.